The first kappa shape index (κ1) is 17.8. The Morgan fingerprint density at radius 2 is 2.04 bits per heavy atom. The van der Waals surface area contributed by atoms with Crippen LogP contribution in [-0.4, -0.2) is 26.5 Å². The number of amides is 1. The molecule has 0 radical (unpaired) electrons. The lowest BCUT2D eigenvalue weighted by Crippen LogP contribution is -2.20. The zero-order valence-electron chi connectivity index (χ0n) is 14.8. The summed E-state index contributed by atoms with van der Waals surface area (Å²) in [5, 5.41) is 12.0. The second kappa shape index (κ2) is 7.91. The number of aryl methyl sites for hydroxylation is 1. The summed E-state index contributed by atoms with van der Waals surface area (Å²) in [6, 6.07) is 5.89. The van der Waals surface area contributed by atoms with Crippen LogP contribution in [0.3, 0.4) is 0 Å². The Bertz CT molecular complexity index is 752. The molecule has 25 heavy (non-hydrogen) atoms. The Balaban J connectivity index is 1.59. The van der Waals surface area contributed by atoms with Gasteiger partial charge in [-0.15, -0.1) is 10.2 Å². The van der Waals surface area contributed by atoms with Crippen molar-refractivity contribution in [3.8, 4) is 0 Å². The van der Waals surface area contributed by atoms with Crippen molar-refractivity contribution in [2.45, 2.75) is 57.0 Å². The van der Waals surface area contributed by atoms with E-state index in [1.807, 2.05) is 32.0 Å². The van der Waals surface area contributed by atoms with Gasteiger partial charge in [0.25, 0.3) is 0 Å². The normalized spacial score (nSPS) is 15.3. The molecule has 0 aliphatic heterocycles. The van der Waals surface area contributed by atoms with E-state index in [9.17, 15) is 4.79 Å². The topological polar surface area (TPSA) is 85.8 Å². The highest BCUT2D eigenvalue weighted by Crippen LogP contribution is 2.32. The number of nitrogen functional groups attached to an aromatic ring is 1. The van der Waals surface area contributed by atoms with Gasteiger partial charge in [0.05, 0.1) is 5.75 Å². The van der Waals surface area contributed by atoms with Crippen molar-refractivity contribution in [1.29, 1.82) is 0 Å². The Hall–Kier alpha value is -2.02. The molecule has 1 amide bonds. The van der Waals surface area contributed by atoms with E-state index in [2.05, 4.69) is 15.5 Å². The van der Waals surface area contributed by atoms with Gasteiger partial charge in [-0.25, -0.2) is 4.68 Å². The summed E-state index contributed by atoms with van der Waals surface area (Å²) in [5.41, 5.74) is 3.09. The van der Waals surface area contributed by atoms with E-state index >= 15 is 0 Å². The summed E-state index contributed by atoms with van der Waals surface area (Å²) in [5.74, 6) is 7.58. The Morgan fingerprint density at radius 1 is 1.28 bits per heavy atom. The molecule has 1 aliphatic carbocycles. The van der Waals surface area contributed by atoms with Crippen LogP contribution in [0.15, 0.2) is 23.4 Å². The van der Waals surface area contributed by atoms with Gasteiger partial charge in [-0.3, -0.25) is 4.79 Å². The van der Waals surface area contributed by atoms with Gasteiger partial charge in [-0.2, -0.15) is 0 Å². The molecule has 3 rings (SSSR count). The lowest BCUT2D eigenvalue weighted by atomic mass is 9.89. The summed E-state index contributed by atoms with van der Waals surface area (Å²) >= 11 is 1.32. The van der Waals surface area contributed by atoms with Gasteiger partial charge in [0.15, 0.2) is 5.82 Å². The van der Waals surface area contributed by atoms with Crippen LogP contribution in [0, 0.1) is 13.8 Å². The van der Waals surface area contributed by atoms with E-state index in [4.69, 9.17) is 5.84 Å². The number of hydrogen-bond donors (Lipinski definition) is 2. The van der Waals surface area contributed by atoms with Crippen LogP contribution < -0.4 is 11.2 Å². The van der Waals surface area contributed by atoms with Crippen molar-refractivity contribution in [2.24, 2.45) is 0 Å². The van der Waals surface area contributed by atoms with Crippen molar-refractivity contribution in [3.05, 3.63) is 35.2 Å². The molecule has 1 fully saturated rings. The Labute approximate surface area is 152 Å². The standard InChI is InChI=1S/C18H25N5OS/c1-12-7-6-10-15(13(12)2)20-16(24)11-25-18-22-21-17(23(18)19)14-8-4-3-5-9-14/h6-7,10,14H,3-5,8-9,11,19H2,1-2H3,(H,20,24). The smallest absolute Gasteiger partial charge is 0.234 e. The van der Waals surface area contributed by atoms with Crippen LogP contribution in [0.5, 0.6) is 0 Å². The van der Waals surface area contributed by atoms with Crippen molar-refractivity contribution < 1.29 is 4.79 Å². The van der Waals surface area contributed by atoms with E-state index in [1.165, 1.54) is 31.0 Å². The molecule has 1 aliphatic rings. The lowest BCUT2D eigenvalue weighted by Gasteiger charge is -2.20. The minimum absolute atomic E-state index is 0.0686. The monoisotopic (exact) mass is 359 g/mol. The fourth-order valence-corrected chi connectivity index (χ4v) is 3.89. The maximum Gasteiger partial charge on any atom is 0.234 e. The predicted molar refractivity (Wildman–Crippen MR) is 101 cm³/mol. The quantitative estimate of drug-likeness (QED) is 0.631. The van der Waals surface area contributed by atoms with Crippen LogP contribution in [0.4, 0.5) is 5.69 Å². The van der Waals surface area contributed by atoms with E-state index in [-0.39, 0.29) is 11.7 Å². The summed E-state index contributed by atoms with van der Waals surface area (Å²) in [4.78, 5) is 12.2. The highest BCUT2D eigenvalue weighted by Gasteiger charge is 2.22. The first-order valence-corrected chi connectivity index (χ1v) is 9.74. The molecular weight excluding hydrogens is 334 g/mol. The molecular formula is C18H25N5OS. The molecule has 134 valence electrons. The maximum atomic E-state index is 12.2. The number of nitrogens with two attached hydrogens (primary N) is 1. The predicted octanol–water partition coefficient (Wildman–Crippen LogP) is 3.39. The second-order valence-corrected chi connectivity index (χ2v) is 7.57. The Morgan fingerprint density at radius 3 is 2.80 bits per heavy atom. The number of hydrogen-bond acceptors (Lipinski definition) is 5. The van der Waals surface area contributed by atoms with Gasteiger partial charge >= 0.3 is 0 Å². The van der Waals surface area contributed by atoms with Crippen molar-refractivity contribution in [1.82, 2.24) is 14.9 Å². The molecule has 0 spiro atoms. The third kappa shape index (κ3) is 4.15. The van der Waals surface area contributed by atoms with Crippen LogP contribution in [-0.2, 0) is 4.79 Å². The highest BCUT2D eigenvalue weighted by atomic mass is 32.2. The molecule has 0 unspecified atom stereocenters. The number of aromatic nitrogens is 3. The van der Waals surface area contributed by atoms with Crippen molar-refractivity contribution >= 4 is 23.4 Å². The summed E-state index contributed by atoms with van der Waals surface area (Å²) in [7, 11) is 0. The number of carbonyl (C=O) groups excluding carboxylic acids is 1. The molecule has 1 aromatic heterocycles. The molecule has 0 saturated heterocycles. The molecule has 6 nitrogen and oxygen atoms in total. The van der Waals surface area contributed by atoms with Gasteiger partial charge in [-0.1, -0.05) is 43.2 Å². The van der Waals surface area contributed by atoms with Crippen LogP contribution in [0.25, 0.3) is 0 Å². The molecule has 2 aromatic rings. The largest absolute Gasteiger partial charge is 0.336 e. The lowest BCUT2D eigenvalue weighted by molar-refractivity contribution is -0.113. The first-order valence-electron chi connectivity index (χ1n) is 8.75. The van der Waals surface area contributed by atoms with Crippen molar-refractivity contribution in [2.75, 3.05) is 16.9 Å². The minimum atomic E-state index is -0.0686. The minimum Gasteiger partial charge on any atom is -0.336 e. The molecule has 3 N–H and O–H groups in total. The number of anilines is 1. The van der Waals surface area contributed by atoms with Gasteiger partial charge in [0, 0.05) is 11.6 Å². The summed E-state index contributed by atoms with van der Waals surface area (Å²) in [6.07, 6.45) is 5.96. The van der Waals surface area contributed by atoms with Gasteiger partial charge in [0.1, 0.15) is 0 Å². The molecule has 0 atom stereocenters. The number of carbonyl (C=O) groups is 1. The van der Waals surface area contributed by atoms with Gasteiger partial charge < -0.3 is 11.2 Å². The van der Waals surface area contributed by atoms with E-state index in [1.54, 1.807) is 4.68 Å². The Kier molecular flexibility index (Phi) is 5.63. The zero-order valence-corrected chi connectivity index (χ0v) is 15.6. The van der Waals surface area contributed by atoms with Gasteiger partial charge in [0.2, 0.25) is 11.1 Å². The molecule has 7 heteroatoms. The maximum absolute atomic E-state index is 12.2. The molecule has 1 heterocycles. The van der Waals surface area contributed by atoms with Crippen LogP contribution in [0.2, 0.25) is 0 Å². The van der Waals surface area contributed by atoms with Gasteiger partial charge in [-0.05, 0) is 43.9 Å². The molecule has 1 saturated carbocycles. The van der Waals surface area contributed by atoms with E-state index < -0.39 is 0 Å². The summed E-state index contributed by atoms with van der Waals surface area (Å²) in [6.45, 7) is 4.04. The first-order chi connectivity index (χ1) is 12.1. The zero-order chi connectivity index (χ0) is 17.8. The second-order valence-electron chi connectivity index (χ2n) is 6.63. The fourth-order valence-electron chi connectivity index (χ4n) is 3.23. The average Bonchev–Trinajstić information content (AvgIpc) is 2.99. The number of rotatable bonds is 5. The van der Waals surface area contributed by atoms with Crippen LogP contribution in [0.1, 0.15) is 55.0 Å². The van der Waals surface area contributed by atoms with Crippen molar-refractivity contribution in [3.63, 3.8) is 0 Å². The summed E-state index contributed by atoms with van der Waals surface area (Å²) < 4.78 is 1.56. The molecule has 0 bridgehead atoms. The fraction of sp³-hybridized carbons (Fsp3) is 0.500. The SMILES string of the molecule is Cc1cccc(NC(=O)CSc2nnc(C3CCCCC3)n2N)c1C. The third-order valence-electron chi connectivity index (χ3n) is 4.87. The third-order valence-corrected chi connectivity index (χ3v) is 5.82. The number of benzene rings is 1. The van der Waals surface area contributed by atoms with Crippen LogP contribution >= 0.6 is 11.8 Å². The molecule has 1 aromatic carbocycles. The average molecular weight is 359 g/mol. The highest BCUT2D eigenvalue weighted by molar-refractivity contribution is 7.99. The number of nitrogens with one attached hydrogen (secondary N) is 1. The van der Waals surface area contributed by atoms with E-state index in [0.29, 0.717) is 11.1 Å². The number of nitrogens with zero attached hydrogens (tertiary/aromatic N) is 3. The van der Waals surface area contributed by atoms with E-state index in [0.717, 1.165) is 35.5 Å². The number of thioether (sulfide) groups is 1.